The lowest BCUT2D eigenvalue weighted by Crippen LogP contribution is -2.36. The Morgan fingerprint density at radius 1 is 1.04 bits per heavy atom. The largest absolute Gasteiger partial charge is 0.356 e. The summed E-state index contributed by atoms with van der Waals surface area (Å²) in [6.45, 7) is 3.06. The summed E-state index contributed by atoms with van der Waals surface area (Å²) in [5.74, 6) is 3.76. The molecule has 0 aliphatic carbocycles. The van der Waals surface area contributed by atoms with Crippen molar-refractivity contribution in [2.24, 2.45) is 0 Å². The minimum atomic E-state index is 0.434. The van der Waals surface area contributed by atoms with Crippen LogP contribution in [0.15, 0.2) is 18.2 Å². The molecule has 1 atom stereocenters. The monoisotopic (exact) mass is 331 g/mol. The molecule has 0 spiro atoms. The molecule has 5 nitrogen and oxygen atoms in total. The smallest absolute Gasteiger partial charge is 0.137 e. The van der Waals surface area contributed by atoms with E-state index in [1.807, 2.05) is 18.2 Å². The van der Waals surface area contributed by atoms with Crippen molar-refractivity contribution in [3.63, 3.8) is 0 Å². The van der Waals surface area contributed by atoms with Gasteiger partial charge in [-0.05, 0) is 37.8 Å². The summed E-state index contributed by atoms with van der Waals surface area (Å²) in [6.07, 6.45) is 7.17. The summed E-state index contributed by atoms with van der Waals surface area (Å²) in [7, 11) is 0. The third kappa shape index (κ3) is 3.07. The first kappa shape index (κ1) is 14.9. The average Bonchev–Trinajstić information content (AvgIpc) is 2.84. The van der Waals surface area contributed by atoms with Gasteiger partial charge in [-0.3, -0.25) is 0 Å². The van der Waals surface area contributed by atoms with E-state index in [1.54, 1.807) is 0 Å². The lowest BCUT2D eigenvalue weighted by molar-refractivity contribution is 0.464. The number of halogens is 1. The lowest BCUT2D eigenvalue weighted by atomic mass is 9.97. The highest BCUT2D eigenvalue weighted by atomic mass is 35.5. The highest BCUT2D eigenvalue weighted by Gasteiger charge is 2.28. The van der Waals surface area contributed by atoms with E-state index in [9.17, 15) is 0 Å². The van der Waals surface area contributed by atoms with Crippen LogP contribution >= 0.6 is 11.6 Å². The van der Waals surface area contributed by atoms with E-state index in [-0.39, 0.29) is 0 Å². The van der Waals surface area contributed by atoms with Gasteiger partial charge < -0.3 is 9.47 Å². The summed E-state index contributed by atoms with van der Waals surface area (Å²) >= 11 is 6.05. The predicted octanol–water partition coefficient (Wildman–Crippen LogP) is 3.44. The molecular formula is C17H22ClN5. The van der Waals surface area contributed by atoms with E-state index in [0.717, 1.165) is 38.3 Å². The molecule has 2 aromatic rings. The predicted molar refractivity (Wildman–Crippen MR) is 91.0 cm³/mol. The number of pyridine rings is 1. The van der Waals surface area contributed by atoms with Crippen molar-refractivity contribution in [1.82, 2.24) is 19.7 Å². The van der Waals surface area contributed by atoms with Crippen molar-refractivity contribution in [2.75, 3.05) is 18.0 Å². The van der Waals surface area contributed by atoms with Gasteiger partial charge in [0.15, 0.2) is 0 Å². The van der Waals surface area contributed by atoms with Crippen molar-refractivity contribution in [2.45, 2.75) is 51.0 Å². The van der Waals surface area contributed by atoms with Gasteiger partial charge in [0, 0.05) is 32.0 Å². The summed E-state index contributed by atoms with van der Waals surface area (Å²) in [6, 6.07) is 5.83. The molecule has 4 rings (SSSR count). The molecule has 122 valence electrons. The molecule has 23 heavy (non-hydrogen) atoms. The number of hydrogen-bond acceptors (Lipinski definition) is 4. The molecule has 4 heterocycles. The average molecular weight is 332 g/mol. The number of hydrogen-bond donors (Lipinski definition) is 0. The van der Waals surface area contributed by atoms with E-state index in [0.29, 0.717) is 11.1 Å². The van der Waals surface area contributed by atoms with E-state index in [1.165, 1.54) is 37.3 Å². The fourth-order valence-electron chi connectivity index (χ4n) is 3.78. The molecule has 0 saturated carbocycles. The third-order valence-electron chi connectivity index (χ3n) is 4.95. The van der Waals surface area contributed by atoms with Crippen molar-refractivity contribution >= 4 is 17.4 Å². The molecule has 0 N–H and O–H groups in total. The maximum atomic E-state index is 6.05. The number of piperidine rings is 1. The quantitative estimate of drug-likeness (QED) is 0.791. The van der Waals surface area contributed by atoms with Crippen LogP contribution in [0.5, 0.6) is 0 Å². The molecule has 1 saturated heterocycles. The van der Waals surface area contributed by atoms with Gasteiger partial charge in [0.05, 0.1) is 0 Å². The second-order valence-electron chi connectivity index (χ2n) is 6.54. The minimum Gasteiger partial charge on any atom is -0.356 e. The minimum absolute atomic E-state index is 0.434. The van der Waals surface area contributed by atoms with Crippen LogP contribution in [0.3, 0.4) is 0 Å². The van der Waals surface area contributed by atoms with Crippen LogP contribution in [-0.2, 0) is 13.0 Å². The topological polar surface area (TPSA) is 46.8 Å². The van der Waals surface area contributed by atoms with E-state index in [4.69, 9.17) is 11.6 Å². The Morgan fingerprint density at radius 2 is 2.00 bits per heavy atom. The Labute approximate surface area is 141 Å². The van der Waals surface area contributed by atoms with Crippen LogP contribution in [-0.4, -0.2) is 32.8 Å². The van der Waals surface area contributed by atoms with Crippen LogP contribution < -0.4 is 4.90 Å². The summed E-state index contributed by atoms with van der Waals surface area (Å²) in [4.78, 5) is 6.80. The van der Waals surface area contributed by atoms with Gasteiger partial charge in [-0.15, -0.1) is 10.2 Å². The fourth-order valence-corrected chi connectivity index (χ4v) is 3.94. The van der Waals surface area contributed by atoms with Gasteiger partial charge in [-0.1, -0.05) is 24.1 Å². The van der Waals surface area contributed by atoms with Crippen molar-refractivity contribution in [3.05, 3.63) is 35.0 Å². The SMILES string of the molecule is Clc1cccc(N2CCC[C@@H](c3nnc4n3CCCCC4)C2)n1. The zero-order valence-corrected chi connectivity index (χ0v) is 14.0. The molecule has 1 fully saturated rings. The second kappa shape index (κ2) is 6.48. The standard InChI is InChI=1S/C17H22ClN5/c18-14-7-4-9-15(19-14)22-10-5-6-13(12-22)17-21-20-16-8-2-1-3-11-23(16)17/h4,7,9,13H,1-3,5-6,8,10-12H2/t13-/m1/s1. The lowest BCUT2D eigenvalue weighted by Gasteiger charge is -2.33. The Hall–Kier alpha value is -1.62. The Morgan fingerprint density at radius 3 is 2.91 bits per heavy atom. The molecule has 0 bridgehead atoms. The number of rotatable bonds is 2. The van der Waals surface area contributed by atoms with Gasteiger partial charge in [0.1, 0.15) is 22.6 Å². The molecule has 0 unspecified atom stereocenters. The fraction of sp³-hybridized carbons (Fsp3) is 0.588. The summed E-state index contributed by atoms with van der Waals surface area (Å²) in [5.41, 5.74) is 0. The van der Waals surface area contributed by atoms with Crippen molar-refractivity contribution < 1.29 is 0 Å². The van der Waals surface area contributed by atoms with Gasteiger partial charge >= 0.3 is 0 Å². The normalized spacial score (nSPS) is 21.8. The van der Waals surface area contributed by atoms with Crippen molar-refractivity contribution in [1.29, 1.82) is 0 Å². The first-order valence-electron chi connectivity index (χ1n) is 8.61. The number of aryl methyl sites for hydroxylation is 1. The molecule has 2 aromatic heterocycles. The summed E-state index contributed by atoms with van der Waals surface area (Å²) in [5, 5.41) is 9.57. The van der Waals surface area contributed by atoms with Crippen molar-refractivity contribution in [3.8, 4) is 0 Å². The van der Waals surface area contributed by atoms with Gasteiger partial charge in [-0.25, -0.2) is 4.98 Å². The maximum Gasteiger partial charge on any atom is 0.137 e. The van der Waals surface area contributed by atoms with Crippen LogP contribution in [0.4, 0.5) is 5.82 Å². The Balaban J connectivity index is 1.57. The number of anilines is 1. The van der Waals surface area contributed by atoms with E-state index in [2.05, 4.69) is 24.6 Å². The molecule has 0 radical (unpaired) electrons. The van der Waals surface area contributed by atoms with E-state index >= 15 is 0 Å². The first-order valence-corrected chi connectivity index (χ1v) is 8.98. The van der Waals surface area contributed by atoms with Gasteiger partial charge in [0.25, 0.3) is 0 Å². The number of aromatic nitrogens is 4. The molecule has 2 aliphatic heterocycles. The Bertz CT molecular complexity index is 683. The second-order valence-corrected chi connectivity index (χ2v) is 6.93. The maximum absolute atomic E-state index is 6.05. The van der Waals surface area contributed by atoms with Gasteiger partial charge in [-0.2, -0.15) is 0 Å². The molecule has 2 aliphatic rings. The zero-order chi connectivity index (χ0) is 15.6. The van der Waals surface area contributed by atoms with Gasteiger partial charge in [0.2, 0.25) is 0 Å². The zero-order valence-electron chi connectivity index (χ0n) is 13.3. The van der Waals surface area contributed by atoms with E-state index < -0.39 is 0 Å². The molecular weight excluding hydrogens is 310 g/mol. The Kier molecular flexibility index (Phi) is 4.21. The molecule has 0 amide bonds. The van der Waals surface area contributed by atoms with Crippen LogP contribution in [0.25, 0.3) is 0 Å². The third-order valence-corrected chi connectivity index (χ3v) is 5.16. The van der Waals surface area contributed by atoms with Crippen LogP contribution in [0, 0.1) is 0 Å². The summed E-state index contributed by atoms with van der Waals surface area (Å²) < 4.78 is 2.38. The first-order chi connectivity index (χ1) is 11.3. The molecule has 0 aromatic carbocycles. The highest BCUT2D eigenvalue weighted by Crippen LogP contribution is 2.30. The number of nitrogens with zero attached hydrogens (tertiary/aromatic N) is 5. The molecule has 6 heteroatoms. The highest BCUT2D eigenvalue weighted by molar-refractivity contribution is 6.29. The van der Waals surface area contributed by atoms with Crippen LogP contribution in [0.2, 0.25) is 5.15 Å². The number of fused-ring (bicyclic) bond motifs is 1. The van der Waals surface area contributed by atoms with Crippen LogP contribution in [0.1, 0.15) is 49.7 Å².